The van der Waals surface area contributed by atoms with Crippen molar-refractivity contribution in [3.63, 3.8) is 0 Å². The first kappa shape index (κ1) is 46.4. The van der Waals surface area contributed by atoms with Gasteiger partial charge in [-0.3, -0.25) is 0 Å². The lowest BCUT2D eigenvalue weighted by Gasteiger charge is -2.39. The van der Waals surface area contributed by atoms with E-state index < -0.39 is 0 Å². The summed E-state index contributed by atoms with van der Waals surface area (Å²) in [6.45, 7) is 29.2. The first-order valence-electron chi connectivity index (χ1n) is 25.4. The first-order valence-corrected chi connectivity index (χ1v) is 25.4. The fourth-order valence-corrected chi connectivity index (χ4v) is 12.3. The van der Waals surface area contributed by atoms with Crippen molar-refractivity contribution >= 4 is 22.9 Å². The van der Waals surface area contributed by atoms with Crippen molar-refractivity contribution in [3.05, 3.63) is 162 Å². The third kappa shape index (κ3) is 8.40. The number of hydrogen-bond donors (Lipinski definition) is 0. The summed E-state index contributed by atoms with van der Waals surface area (Å²) >= 11 is 0. The minimum absolute atomic E-state index is 0.400. The lowest BCUT2D eigenvalue weighted by molar-refractivity contribution is 0.107. The van der Waals surface area contributed by atoms with Crippen molar-refractivity contribution in [3.8, 4) is 22.3 Å². The Labute approximate surface area is 409 Å². The maximum Gasteiger partial charge on any atom is 0.165 e. The Kier molecular flexibility index (Phi) is 12.5. The van der Waals surface area contributed by atoms with Gasteiger partial charge >= 0.3 is 0 Å². The Morgan fingerprint density at radius 1 is 0.478 bits per heavy atom. The molecule has 2 aliphatic rings. The molecule has 9 heteroatoms. The lowest BCUT2D eigenvalue weighted by atomic mass is 9.93. The van der Waals surface area contributed by atoms with Gasteiger partial charge in [0.05, 0.1) is 35.7 Å². The number of hydrogen-bond acceptors (Lipinski definition) is 7. The standard InChI is InChI=1S/C60H70N8O/c1-13-49-21-23-51-41(9)61-57-55(53-37(5)25-35(3)26-38(53)6)43(11)63-67(57)59(51)65(49)31-45-17-15-19-47(29-45)33-69-34-48-20-16-18-46(30-48)32-66-50(14-2)22-24-52-42(10)62-58-56(44(12)64-68(58)60(52)66)54-39(7)27-36(4)28-40(54)8/h15-20,25-30,49-50H,13-14,21-24,31-34H2,1-12H3. The van der Waals surface area contributed by atoms with Crippen LogP contribution in [0.25, 0.3) is 33.5 Å². The SMILES string of the molecule is CCC1CCc2c(C)nc3c(-c4c(C)cc(C)cc4C)c(C)nn3c2N1Cc1cccc(COCc2cccc(CN3c4c(c(C)nc5c(-c6c(C)cc(C)cc6C)c(C)nn45)CCC3CC)c2)c1. The molecule has 69 heavy (non-hydrogen) atoms. The second-order valence-corrected chi connectivity index (χ2v) is 20.5. The van der Waals surface area contributed by atoms with Crippen LogP contribution in [0.4, 0.5) is 11.6 Å². The summed E-state index contributed by atoms with van der Waals surface area (Å²) in [6.07, 6.45) is 6.35. The summed E-state index contributed by atoms with van der Waals surface area (Å²) in [4.78, 5) is 15.8. The molecular weight excluding hydrogens is 849 g/mol. The van der Waals surface area contributed by atoms with E-state index in [1.807, 2.05) is 0 Å². The van der Waals surface area contributed by atoms with Gasteiger partial charge in [0.25, 0.3) is 0 Å². The van der Waals surface area contributed by atoms with Gasteiger partial charge in [-0.1, -0.05) is 97.8 Å². The summed E-state index contributed by atoms with van der Waals surface area (Å²) in [5.41, 5.74) is 26.1. The lowest BCUT2D eigenvalue weighted by Crippen LogP contribution is -2.40. The van der Waals surface area contributed by atoms with Crippen LogP contribution >= 0.6 is 0 Å². The van der Waals surface area contributed by atoms with E-state index in [0.29, 0.717) is 25.3 Å². The molecule has 356 valence electrons. The fraction of sp³-hybridized carbons (Fsp3) is 0.400. The molecule has 0 bridgehead atoms. The number of aryl methyl sites for hydroxylation is 10. The molecule has 2 aliphatic heterocycles. The maximum atomic E-state index is 6.54. The zero-order valence-electron chi connectivity index (χ0n) is 43.1. The van der Waals surface area contributed by atoms with Gasteiger partial charge in [0.1, 0.15) is 11.6 Å². The molecule has 10 rings (SSSR count). The molecule has 4 aromatic carbocycles. The van der Waals surface area contributed by atoms with Gasteiger partial charge in [-0.2, -0.15) is 19.2 Å². The van der Waals surface area contributed by atoms with Crippen molar-refractivity contribution < 1.29 is 4.74 Å². The van der Waals surface area contributed by atoms with E-state index in [1.54, 1.807) is 0 Å². The Balaban J connectivity index is 0.885. The van der Waals surface area contributed by atoms with Crippen molar-refractivity contribution in [2.75, 3.05) is 9.80 Å². The molecule has 9 nitrogen and oxygen atoms in total. The molecule has 0 saturated carbocycles. The molecule has 0 spiro atoms. The van der Waals surface area contributed by atoms with Gasteiger partial charge < -0.3 is 14.5 Å². The molecule has 6 heterocycles. The van der Waals surface area contributed by atoms with Crippen molar-refractivity contribution in [1.29, 1.82) is 0 Å². The fourth-order valence-electron chi connectivity index (χ4n) is 12.3. The Hall–Kier alpha value is -6.32. The monoisotopic (exact) mass is 919 g/mol. The van der Waals surface area contributed by atoms with Gasteiger partial charge in [-0.25, -0.2) is 9.97 Å². The van der Waals surface area contributed by atoms with Crippen LogP contribution in [0.2, 0.25) is 0 Å². The quantitative estimate of drug-likeness (QED) is 0.121. The number of anilines is 2. The highest BCUT2D eigenvalue weighted by Gasteiger charge is 2.34. The van der Waals surface area contributed by atoms with E-state index in [-0.39, 0.29) is 0 Å². The number of ether oxygens (including phenoxy) is 1. The van der Waals surface area contributed by atoms with Crippen LogP contribution in [0.3, 0.4) is 0 Å². The van der Waals surface area contributed by atoms with Crippen LogP contribution in [-0.2, 0) is 43.9 Å². The van der Waals surface area contributed by atoms with E-state index >= 15 is 0 Å². The molecule has 2 atom stereocenters. The molecule has 0 amide bonds. The highest BCUT2D eigenvalue weighted by Crippen LogP contribution is 2.42. The van der Waals surface area contributed by atoms with Gasteiger partial charge in [0.2, 0.25) is 0 Å². The predicted octanol–water partition coefficient (Wildman–Crippen LogP) is 13.4. The van der Waals surface area contributed by atoms with Gasteiger partial charge in [0, 0.05) is 47.7 Å². The van der Waals surface area contributed by atoms with E-state index in [9.17, 15) is 0 Å². The summed E-state index contributed by atoms with van der Waals surface area (Å²) < 4.78 is 10.9. The number of rotatable bonds is 12. The van der Waals surface area contributed by atoms with E-state index in [1.165, 1.54) is 89.5 Å². The topological polar surface area (TPSA) is 76.1 Å². The van der Waals surface area contributed by atoms with Crippen molar-refractivity contribution in [2.24, 2.45) is 0 Å². The largest absolute Gasteiger partial charge is 0.372 e. The molecule has 4 aromatic heterocycles. The molecule has 0 aliphatic carbocycles. The molecule has 0 N–H and O–H groups in total. The highest BCUT2D eigenvalue weighted by molar-refractivity contribution is 5.87. The van der Waals surface area contributed by atoms with E-state index in [4.69, 9.17) is 24.9 Å². The number of nitrogens with zero attached hydrogens (tertiary/aromatic N) is 8. The van der Waals surface area contributed by atoms with E-state index in [0.717, 1.165) is 96.8 Å². The normalized spacial score (nSPS) is 15.9. The number of fused-ring (bicyclic) bond motifs is 6. The predicted molar refractivity (Wildman–Crippen MR) is 283 cm³/mol. The maximum absolute atomic E-state index is 6.54. The van der Waals surface area contributed by atoms with Gasteiger partial charge in [0.15, 0.2) is 11.3 Å². The number of aromatic nitrogens is 6. The minimum Gasteiger partial charge on any atom is -0.372 e. The Morgan fingerprint density at radius 2 is 0.855 bits per heavy atom. The third-order valence-corrected chi connectivity index (χ3v) is 15.3. The Bertz CT molecular complexity index is 3020. The average molecular weight is 919 g/mol. The second kappa shape index (κ2) is 18.5. The zero-order valence-corrected chi connectivity index (χ0v) is 43.1. The van der Waals surface area contributed by atoms with Crippen LogP contribution < -0.4 is 9.80 Å². The van der Waals surface area contributed by atoms with Crippen LogP contribution in [0, 0.1) is 69.2 Å². The van der Waals surface area contributed by atoms with Crippen molar-refractivity contribution in [2.45, 2.75) is 160 Å². The Morgan fingerprint density at radius 3 is 1.23 bits per heavy atom. The summed E-state index contributed by atoms with van der Waals surface area (Å²) in [5, 5.41) is 10.5. The molecule has 2 unspecified atom stereocenters. The first-order chi connectivity index (χ1) is 33.2. The van der Waals surface area contributed by atoms with Crippen LogP contribution in [0.1, 0.15) is 129 Å². The third-order valence-electron chi connectivity index (χ3n) is 15.3. The van der Waals surface area contributed by atoms with Gasteiger partial charge in [-0.15, -0.1) is 0 Å². The minimum atomic E-state index is 0.400. The molecule has 0 saturated heterocycles. The highest BCUT2D eigenvalue weighted by atomic mass is 16.5. The van der Waals surface area contributed by atoms with Gasteiger partial charge in [-0.05, 0) is 163 Å². The number of benzene rings is 4. The van der Waals surface area contributed by atoms with Crippen LogP contribution in [0.15, 0.2) is 72.8 Å². The van der Waals surface area contributed by atoms with E-state index in [2.05, 4.69) is 175 Å². The summed E-state index contributed by atoms with van der Waals surface area (Å²) in [6, 6.07) is 27.9. The average Bonchev–Trinajstić information content (AvgIpc) is 3.80. The summed E-state index contributed by atoms with van der Waals surface area (Å²) in [7, 11) is 0. The molecule has 0 fully saturated rings. The zero-order chi connectivity index (χ0) is 48.4. The smallest absolute Gasteiger partial charge is 0.165 e. The molecule has 8 aromatic rings. The molecule has 0 radical (unpaired) electrons. The van der Waals surface area contributed by atoms with Crippen molar-refractivity contribution in [1.82, 2.24) is 29.2 Å². The van der Waals surface area contributed by atoms with Crippen LogP contribution in [0.5, 0.6) is 0 Å². The van der Waals surface area contributed by atoms with Crippen LogP contribution in [-0.4, -0.2) is 41.3 Å². The molecular formula is C60H70N8O. The summed E-state index contributed by atoms with van der Waals surface area (Å²) in [5.74, 6) is 2.39. The second-order valence-electron chi connectivity index (χ2n) is 20.5.